The Morgan fingerprint density at radius 1 is 1.62 bits per heavy atom. The number of aliphatic hydroxyl groups is 1. The number of halogens is 2. The van der Waals surface area contributed by atoms with Crippen molar-refractivity contribution in [3.8, 4) is 0 Å². The quantitative estimate of drug-likeness (QED) is 0.813. The van der Waals surface area contributed by atoms with Crippen LogP contribution in [0.1, 0.15) is 4.88 Å². The minimum absolute atomic E-state index is 0.210. The molecule has 0 aliphatic heterocycles. The van der Waals surface area contributed by atoms with Gasteiger partial charge in [-0.1, -0.05) is 11.3 Å². The molecule has 1 heterocycles. The van der Waals surface area contributed by atoms with E-state index in [0.717, 1.165) is 17.5 Å². The van der Waals surface area contributed by atoms with Crippen molar-refractivity contribution in [2.45, 2.75) is 5.92 Å². The molecule has 0 aliphatic rings. The zero-order valence-electron chi connectivity index (χ0n) is 7.29. The summed E-state index contributed by atoms with van der Waals surface area (Å²) >= 11 is 0.877. The van der Waals surface area contributed by atoms with Crippen molar-refractivity contribution in [1.29, 1.82) is 0 Å². The Kier molecular flexibility index (Phi) is 2.82. The van der Waals surface area contributed by atoms with Crippen molar-refractivity contribution in [2.24, 2.45) is 0 Å². The van der Waals surface area contributed by atoms with Gasteiger partial charge in [-0.15, -0.1) is 0 Å². The number of thiazole rings is 1. The van der Waals surface area contributed by atoms with Gasteiger partial charge in [-0.3, -0.25) is 0 Å². The van der Waals surface area contributed by atoms with Gasteiger partial charge in [0.05, 0.1) is 4.88 Å². The first kappa shape index (κ1) is 10.3. The molecule has 0 spiro atoms. The number of aliphatic hydroxyl groups excluding tert-OH is 1. The molecule has 0 aliphatic carbocycles. The summed E-state index contributed by atoms with van der Waals surface area (Å²) in [5, 5.41) is 8.91. The average molecular weight is 208 g/mol. The largest absolute Gasteiger partial charge is 0.390 e. The molecule has 1 N–H and O–H groups in total. The lowest BCUT2D eigenvalue weighted by Gasteiger charge is -2.09. The van der Waals surface area contributed by atoms with Crippen LogP contribution in [0.3, 0.4) is 0 Å². The molecule has 0 saturated heterocycles. The summed E-state index contributed by atoms with van der Waals surface area (Å²) in [6.45, 7) is -1.18. The summed E-state index contributed by atoms with van der Waals surface area (Å²) < 4.78 is 25.7. The second-order valence-corrected chi connectivity index (χ2v) is 3.77. The lowest BCUT2D eigenvalue weighted by molar-refractivity contribution is -0.0525. The number of nitrogens with zero attached hydrogens (tertiary/aromatic N) is 2. The van der Waals surface area contributed by atoms with Crippen LogP contribution in [0.4, 0.5) is 13.9 Å². The lowest BCUT2D eigenvalue weighted by atomic mass is 10.3. The van der Waals surface area contributed by atoms with Crippen molar-refractivity contribution in [1.82, 2.24) is 4.98 Å². The van der Waals surface area contributed by atoms with Crippen molar-refractivity contribution in [3.63, 3.8) is 0 Å². The lowest BCUT2D eigenvalue weighted by Crippen LogP contribution is -2.16. The maximum Gasteiger partial charge on any atom is 0.306 e. The van der Waals surface area contributed by atoms with E-state index in [1.54, 1.807) is 19.0 Å². The van der Waals surface area contributed by atoms with Crippen LogP contribution in [0.2, 0.25) is 0 Å². The Balaban J connectivity index is 2.91. The van der Waals surface area contributed by atoms with Crippen molar-refractivity contribution >= 4 is 16.5 Å². The van der Waals surface area contributed by atoms with E-state index in [1.807, 2.05) is 0 Å². The smallest absolute Gasteiger partial charge is 0.306 e. The van der Waals surface area contributed by atoms with Crippen molar-refractivity contribution < 1.29 is 13.9 Å². The van der Waals surface area contributed by atoms with Gasteiger partial charge in [-0.2, -0.15) is 8.78 Å². The number of rotatable bonds is 3. The van der Waals surface area contributed by atoms with E-state index in [4.69, 9.17) is 5.11 Å². The van der Waals surface area contributed by atoms with E-state index in [9.17, 15) is 8.78 Å². The molecule has 3 nitrogen and oxygen atoms in total. The highest BCUT2D eigenvalue weighted by Crippen LogP contribution is 2.34. The Bertz CT molecular complexity index is 288. The van der Waals surface area contributed by atoms with Gasteiger partial charge in [0.25, 0.3) is 0 Å². The number of anilines is 1. The highest BCUT2D eigenvalue weighted by atomic mass is 32.1. The highest BCUT2D eigenvalue weighted by molar-refractivity contribution is 7.15. The van der Waals surface area contributed by atoms with Crippen LogP contribution in [0, 0.1) is 0 Å². The Morgan fingerprint density at radius 3 is 2.62 bits per heavy atom. The fourth-order valence-corrected chi connectivity index (χ4v) is 1.52. The molecular weight excluding hydrogens is 198 g/mol. The predicted molar refractivity (Wildman–Crippen MR) is 47.4 cm³/mol. The van der Waals surface area contributed by atoms with E-state index >= 15 is 0 Å². The van der Waals surface area contributed by atoms with E-state index in [0.29, 0.717) is 5.13 Å². The third-order valence-corrected chi connectivity index (χ3v) is 2.71. The third-order valence-electron chi connectivity index (χ3n) is 1.44. The van der Waals surface area contributed by atoms with Crippen LogP contribution in [-0.2, 0) is 5.92 Å². The number of aromatic nitrogens is 1. The predicted octanol–water partition coefficient (Wildman–Crippen LogP) is 1.29. The van der Waals surface area contributed by atoms with E-state index in [-0.39, 0.29) is 4.88 Å². The van der Waals surface area contributed by atoms with Gasteiger partial charge in [0.15, 0.2) is 5.13 Å². The molecule has 0 amide bonds. The van der Waals surface area contributed by atoms with Gasteiger partial charge in [-0.25, -0.2) is 4.98 Å². The standard InChI is InChI=1S/C7H10F2N2OS/c1-11(2)6-10-3-5(13-6)7(8,9)4-12/h3,12H,4H2,1-2H3. The number of hydrogen-bond donors (Lipinski definition) is 1. The second kappa shape index (κ2) is 3.55. The molecule has 0 saturated carbocycles. The van der Waals surface area contributed by atoms with Crippen LogP contribution < -0.4 is 4.90 Å². The number of alkyl halides is 2. The molecule has 6 heteroatoms. The van der Waals surface area contributed by atoms with Gasteiger partial charge in [0.1, 0.15) is 6.61 Å². The zero-order chi connectivity index (χ0) is 10.1. The van der Waals surface area contributed by atoms with Gasteiger partial charge in [0, 0.05) is 20.3 Å². The first-order valence-corrected chi connectivity index (χ1v) is 4.41. The van der Waals surface area contributed by atoms with Gasteiger partial charge < -0.3 is 10.0 Å². The maximum atomic E-state index is 12.9. The van der Waals surface area contributed by atoms with E-state index in [2.05, 4.69) is 4.98 Å². The van der Waals surface area contributed by atoms with Gasteiger partial charge >= 0.3 is 5.92 Å². The second-order valence-electron chi connectivity index (χ2n) is 2.76. The fraction of sp³-hybridized carbons (Fsp3) is 0.571. The van der Waals surface area contributed by atoms with Crippen LogP contribution in [-0.4, -0.2) is 30.8 Å². The highest BCUT2D eigenvalue weighted by Gasteiger charge is 2.33. The molecule has 1 aromatic rings. The Labute approximate surface area is 78.6 Å². The Morgan fingerprint density at radius 2 is 2.23 bits per heavy atom. The molecule has 13 heavy (non-hydrogen) atoms. The van der Waals surface area contributed by atoms with Gasteiger partial charge in [0.2, 0.25) is 0 Å². The molecule has 1 rings (SSSR count). The molecule has 0 bridgehead atoms. The molecule has 0 aromatic carbocycles. The van der Waals surface area contributed by atoms with Crippen LogP contribution in [0.5, 0.6) is 0 Å². The molecule has 0 fully saturated rings. The minimum Gasteiger partial charge on any atom is -0.390 e. The molecular formula is C7H10F2N2OS. The summed E-state index contributed by atoms with van der Waals surface area (Å²) in [4.78, 5) is 5.21. The normalized spacial score (nSPS) is 11.8. The molecule has 0 atom stereocenters. The molecule has 0 unspecified atom stereocenters. The molecule has 1 aromatic heterocycles. The van der Waals surface area contributed by atoms with Crippen molar-refractivity contribution in [3.05, 3.63) is 11.1 Å². The summed E-state index contributed by atoms with van der Waals surface area (Å²) in [5.74, 6) is -3.17. The van der Waals surface area contributed by atoms with Crippen molar-refractivity contribution in [2.75, 3.05) is 25.6 Å². The molecule has 0 radical (unpaired) electrons. The summed E-state index contributed by atoms with van der Waals surface area (Å²) in [6.07, 6.45) is 1.09. The average Bonchev–Trinajstić information content (AvgIpc) is 2.52. The minimum atomic E-state index is -3.17. The van der Waals surface area contributed by atoms with Crippen LogP contribution >= 0.6 is 11.3 Å². The monoisotopic (exact) mass is 208 g/mol. The zero-order valence-corrected chi connectivity index (χ0v) is 8.11. The number of hydrogen-bond acceptors (Lipinski definition) is 4. The SMILES string of the molecule is CN(C)c1ncc(C(F)(F)CO)s1. The molecule has 74 valence electrons. The summed E-state index contributed by atoms with van der Waals surface area (Å²) in [5.41, 5.74) is 0. The first-order chi connectivity index (χ1) is 5.97. The summed E-state index contributed by atoms with van der Waals surface area (Å²) in [6, 6.07) is 0. The van der Waals surface area contributed by atoms with Crippen LogP contribution in [0.15, 0.2) is 6.20 Å². The maximum absolute atomic E-state index is 12.9. The topological polar surface area (TPSA) is 36.4 Å². The van der Waals surface area contributed by atoms with E-state index < -0.39 is 12.5 Å². The summed E-state index contributed by atoms with van der Waals surface area (Å²) in [7, 11) is 3.44. The van der Waals surface area contributed by atoms with Crippen LogP contribution in [0.25, 0.3) is 0 Å². The van der Waals surface area contributed by atoms with Gasteiger partial charge in [-0.05, 0) is 0 Å². The fourth-order valence-electron chi connectivity index (χ4n) is 0.719. The third kappa shape index (κ3) is 2.13. The van der Waals surface area contributed by atoms with E-state index in [1.165, 1.54) is 0 Å². The first-order valence-electron chi connectivity index (χ1n) is 3.59. The Hall–Kier alpha value is -0.750.